The van der Waals surface area contributed by atoms with Gasteiger partial charge in [-0.3, -0.25) is 15.1 Å². The summed E-state index contributed by atoms with van der Waals surface area (Å²) in [6.45, 7) is 9.69. The Labute approximate surface area is 207 Å². The highest BCUT2D eigenvalue weighted by Gasteiger charge is 2.33. The van der Waals surface area contributed by atoms with E-state index in [1.807, 2.05) is 30.0 Å². The third-order valence-corrected chi connectivity index (χ3v) is 6.78. The summed E-state index contributed by atoms with van der Waals surface area (Å²) in [6, 6.07) is 5.77. The average molecular weight is 481 g/mol. The zero-order valence-electron chi connectivity index (χ0n) is 20.9. The highest BCUT2D eigenvalue weighted by molar-refractivity contribution is 5.88. The number of anilines is 1. The number of hydrogen-bond donors (Lipinski definition) is 3. The molecule has 2 aliphatic rings. The minimum Gasteiger partial charge on any atom is -0.493 e. The first kappa shape index (κ1) is 24.9. The highest BCUT2D eigenvalue weighted by atomic mass is 16.5. The van der Waals surface area contributed by atoms with Gasteiger partial charge in [0.05, 0.1) is 24.7 Å². The molecule has 3 N–H and O–H groups in total. The van der Waals surface area contributed by atoms with Crippen molar-refractivity contribution in [3.8, 4) is 17.0 Å². The van der Waals surface area contributed by atoms with Gasteiger partial charge < -0.3 is 20.3 Å². The Kier molecular flexibility index (Phi) is 7.85. The zero-order valence-corrected chi connectivity index (χ0v) is 20.9. The lowest BCUT2D eigenvalue weighted by atomic mass is 9.82. The normalized spacial score (nSPS) is 22.4. The minimum atomic E-state index is -0.273. The van der Waals surface area contributed by atoms with Gasteiger partial charge in [0, 0.05) is 43.6 Å². The Morgan fingerprint density at radius 2 is 2.14 bits per heavy atom. The molecule has 3 heterocycles. The Hall–Kier alpha value is -3.20. The van der Waals surface area contributed by atoms with E-state index < -0.39 is 0 Å². The van der Waals surface area contributed by atoms with Crippen LogP contribution < -0.4 is 20.7 Å². The monoisotopic (exact) mass is 480 g/mol. The summed E-state index contributed by atoms with van der Waals surface area (Å²) < 4.78 is 6.20. The number of amides is 3. The van der Waals surface area contributed by atoms with Crippen LogP contribution in [0, 0.1) is 12.3 Å². The molecule has 9 heteroatoms. The zero-order chi connectivity index (χ0) is 24.8. The van der Waals surface area contributed by atoms with Gasteiger partial charge in [0.15, 0.2) is 5.82 Å². The molecule has 0 aliphatic carbocycles. The van der Waals surface area contributed by atoms with Gasteiger partial charge in [0.25, 0.3) is 0 Å². The molecule has 35 heavy (non-hydrogen) atoms. The number of hydrogen-bond acceptors (Lipinski definition) is 6. The van der Waals surface area contributed by atoms with Gasteiger partial charge in [0.1, 0.15) is 5.75 Å². The maximum absolute atomic E-state index is 12.4. The fourth-order valence-electron chi connectivity index (χ4n) is 4.80. The molecule has 2 aliphatic heterocycles. The second kappa shape index (κ2) is 11.0. The summed E-state index contributed by atoms with van der Waals surface area (Å²) in [6.07, 6.45) is 7.28. The van der Waals surface area contributed by atoms with Crippen molar-refractivity contribution in [3.05, 3.63) is 36.2 Å². The van der Waals surface area contributed by atoms with Gasteiger partial charge in [-0.05, 0) is 62.9 Å². The quantitative estimate of drug-likeness (QED) is 0.585. The number of nitrogens with one attached hydrogen (secondary N) is 3. The van der Waals surface area contributed by atoms with Gasteiger partial charge in [-0.1, -0.05) is 6.92 Å². The molecule has 4 rings (SSSR count). The van der Waals surface area contributed by atoms with Crippen LogP contribution in [0.5, 0.6) is 5.75 Å². The second-order valence-corrected chi connectivity index (χ2v) is 10.1. The largest absolute Gasteiger partial charge is 0.493 e. The summed E-state index contributed by atoms with van der Waals surface area (Å²) >= 11 is 0. The second-order valence-electron chi connectivity index (χ2n) is 10.1. The van der Waals surface area contributed by atoms with Crippen molar-refractivity contribution >= 4 is 17.8 Å². The summed E-state index contributed by atoms with van der Waals surface area (Å²) in [5.41, 5.74) is 2.50. The maximum Gasteiger partial charge on any atom is 0.320 e. The lowest BCUT2D eigenvalue weighted by Gasteiger charge is -2.39. The van der Waals surface area contributed by atoms with Crippen LogP contribution in [0.3, 0.4) is 0 Å². The van der Waals surface area contributed by atoms with Crippen molar-refractivity contribution in [2.45, 2.75) is 52.5 Å². The van der Waals surface area contributed by atoms with Crippen LogP contribution in [0.15, 0.2) is 30.6 Å². The Balaban J connectivity index is 1.37. The van der Waals surface area contributed by atoms with Crippen LogP contribution in [0.2, 0.25) is 0 Å². The first-order valence-electron chi connectivity index (χ1n) is 12.4. The van der Waals surface area contributed by atoms with E-state index in [9.17, 15) is 9.59 Å². The van der Waals surface area contributed by atoms with Crippen molar-refractivity contribution in [2.24, 2.45) is 5.41 Å². The lowest BCUT2D eigenvalue weighted by molar-refractivity contribution is -0.132. The number of nitrogens with zero attached hydrogens (tertiary/aromatic N) is 3. The number of urea groups is 1. The number of aryl methyl sites for hydroxylation is 1. The number of carbonyl (C=O) groups excluding carboxylic acids is 2. The molecule has 1 aromatic carbocycles. The average Bonchev–Trinajstić information content (AvgIpc) is 2.84. The number of likely N-dealkylation sites (tertiary alicyclic amines) is 1. The molecule has 0 spiro atoms. The smallest absolute Gasteiger partial charge is 0.320 e. The summed E-state index contributed by atoms with van der Waals surface area (Å²) in [5, 5.41) is 9.06. The molecule has 9 nitrogen and oxygen atoms in total. The highest BCUT2D eigenvalue weighted by Crippen LogP contribution is 2.32. The first-order chi connectivity index (χ1) is 16.8. The number of rotatable bonds is 6. The van der Waals surface area contributed by atoms with Crippen molar-refractivity contribution in [3.63, 3.8) is 0 Å². The molecule has 2 atom stereocenters. The lowest BCUT2D eigenvalue weighted by Crippen LogP contribution is -2.47. The predicted molar refractivity (Wildman–Crippen MR) is 135 cm³/mol. The minimum absolute atomic E-state index is 0.0607. The molecule has 0 saturated carbocycles. The molecule has 0 bridgehead atoms. The van der Waals surface area contributed by atoms with E-state index in [2.05, 4.69) is 32.8 Å². The van der Waals surface area contributed by atoms with E-state index >= 15 is 0 Å². The van der Waals surface area contributed by atoms with Crippen molar-refractivity contribution in [1.82, 2.24) is 25.5 Å². The van der Waals surface area contributed by atoms with Crippen molar-refractivity contribution < 1.29 is 14.3 Å². The fraction of sp³-hybridized carbons (Fsp3) is 0.538. The van der Waals surface area contributed by atoms with Crippen LogP contribution >= 0.6 is 0 Å². The standard InChI is InChI=1S/C26H36N6O3/c1-18-12-20(7-8-23(18)35-17-26(3)9-5-11-32(16-26)19(2)33)22-14-28-15-24(30-22)31-25(34)29-21-6-4-10-27-13-21/h7-8,12,14-15,21,27H,4-6,9-11,13,16-17H2,1-3H3,(H2,29,30,31,34). The van der Waals surface area contributed by atoms with Gasteiger partial charge >= 0.3 is 6.03 Å². The van der Waals surface area contributed by atoms with E-state index in [1.165, 1.54) is 0 Å². The number of carbonyl (C=O) groups is 2. The maximum atomic E-state index is 12.4. The van der Waals surface area contributed by atoms with E-state index in [0.29, 0.717) is 18.1 Å². The third kappa shape index (κ3) is 6.69. The number of ether oxygens (including phenoxy) is 1. The topological polar surface area (TPSA) is 108 Å². The first-order valence-corrected chi connectivity index (χ1v) is 12.4. The van der Waals surface area contributed by atoms with E-state index in [4.69, 9.17) is 4.74 Å². The third-order valence-electron chi connectivity index (χ3n) is 6.78. The SMILES string of the molecule is CC(=O)N1CCCC(C)(COc2ccc(-c3cncc(NC(=O)NC4CCCNC4)n3)cc2C)C1. The Morgan fingerprint density at radius 3 is 2.89 bits per heavy atom. The van der Waals surface area contributed by atoms with Crippen molar-refractivity contribution in [2.75, 3.05) is 38.1 Å². The van der Waals surface area contributed by atoms with Gasteiger partial charge in [-0.25, -0.2) is 9.78 Å². The van der Waals surface area contributed by atoms with Gasteiger partial charge in [-0.15, -0.1) is 0 Å². The molecule has 2 fully saturated rings. The fourth-order valence-corrected chi connectivity index (χ4v) is 4.80. The number of aromatic nitrogens is 2. The summed E-state index contributed by atoms with van der Waals surface area (Å²) in [7, 11) is 0. The summed E-state index contributed by atoms with van der Waals surface area (Å²) in [4.78, 5) is 34.9. The van der Waals surface area contributed by atoms with Gasteiger partial charge in [0.2, 0.25) is 5.91 Å². The number of benzene rings is 1. The molecule has 2 saturated heterocycles. The molecule has 0 radical (unpaired) electrons. The predicted octanol–water partition coefficient (Wildman–Crippen LogP) is 3.35. The molecule has 3 amide bonds. The Bertz CT molecular complexity index is 1060. The van der Waals surface area contributed by atoms with Gasteiger partial charge in [-0.2, -0.15) is 0 Å². The molecule has 188 valence electrons. The molecular formula is C26H36N6O3. The van der Waals surface area contributed by atoms with Crippen LogP contribution in [-0.4, -0.2) is 65.6 Å². The Morgan fingerprint density at radius 1 is 1.29 bits per heavy atom. The van der Waals surface area contributed by atoms with E-state index in [-0.39, 0.29) is 23.4 Å². The number of piperidine rings is 2. The summed E-state index contributed by atoms with van der Waals surface area (Å²) in [5.74, 6) is 1.34. The van der Waals surface area contributed by atoms with E-state index in [1.54, 1.807) is 19.3 Å². The molecule has 2 aromatic rings. The molecule has 2 unspecified atom stereocenters. The van der Waals surface area contributed by atoms with Crippen molar-refractivity contribution in [1.29, 1.82) is 0 Å². The molecular weight excluding hydrogens is 444 g/mol. The van der Waals surface area contributed by atoms with E-state index in [0.717, 1.165) is 68.7 Å². The molecule has 1 aromatic heterocycles. The van der Waals surface area contributed by atoms with Crippen LogP contribution in [0.4, 0.5) is 10.6 Å². The van der Waals surface area contributed by atoms with Crippen LogP contribution in [0.25, 0.3) is 11.3 Å². The van der Waals surface area contributed by atoms with Crippen LogP contribution in [-0.2, 0) is 4.79 Å². The van der Waals surface area contributed by atoms with Crippen LogP contribution in [0.1, 0.15) is 45.1 Å².